The number of ether oxygens (including phenoxy) is 1. The van der Waals surface area contributed by atoms with Gasteiger partial charge in [0, 0.05) is 56.8 Å². The van der Waals surface area contributed by atoms with Crippen LogP contribution in [0.25, 0.3) is 10.9 Å². The average Bonchev–Trinajstić information content (AvgIpc) is 3.17. The second-order valence-corrected chi connectivity index (χ2v) is 10.6. The maximum Gasteiger partial charge on any atom is 0.235 e. The summed E-state index contributed by atoms with van der Waals surface area (Å²) in [5, 5.41) is 11.5. The van der Waals surface area contributed by atoms with Gasteiger partial charge in [0.25, 0.3) is 0 Å². The molecule has 0 spiro atoms. The summed E-state index contributed by atoms with van der Waals surface area (Å²) in [6, 6.07) is 7.11. The number of amides is 2. The van der Waals surface area contributed by atoms with Gasteiger partial charge in [-0.05, 0) is 63.4 Å². The monoisotopic (exact) mass is 480 g/mol. The summed E-state index contributed by atoms with van der Waals surface area (Å²) < 4.78 is 8.19. The minimum absolute atomic E-state index is 0.195. The Labute approximate surface area is 206 Å². The third-order valence-electron chi connectivity index (χ3n) is 8.37. The first-order valence-electron chi connectivity index (χ1n) is 13.2. The molecule has 9 nitrogen and oxygen atoms in total. The highest BCUT2D eigenvalue weighted by atomic mass is 16.5. The second-order valence-electron chi connectivity index (χ2n) is 10.6. The number of piperazine rings is 1. The summed E-state index contributed by atoms with van der Waals surface area (Å²) in [6.07, 6.45) is 6.44. The van der Waals surface area contributed by atoms with Gasteiger partial charge in [0.05, 0.1) is 29.3 Å². The molecule has 6 rings (SSSR count). The van der Waals surface area contributed by atoms with Gasteiger partial charge in [0.2, 0.25) is 11.8 Å². The van der Waals surface area contributed by atoms with Gasteiger partial charge >= 0.3 is 0 Å². The molecule has 1 aromatic carbocycles. The number of nitrogens with one attached hydrogen (secondary N) is 2. The van der Waals surface area contributed by atoms with E-state index in [2.05, 4.69) is 43.7 Å². The number of hydrogen-bond donors (Lipinski definition) is 2. The molecule has 4 heterocycles. The summed E-state index contributed by atoms with van der Waals surface area (Å²) in [5.74, 6) is -0.795. The fraction of sp³-hybridized carbons (Fsp3) is 0.654. The van der Waals surface area contributed by atoms with E-state index < -0.39 is 0 Å². The van der Waals surface area contributed by atoms with Crippen LogP contribution in [-0.4, -0.2) is 84.0 Å². The summed E-state index contributed by atoms with van der Waals surface area (Å²) in [5.41, 5.74) is 3.01. The molecule has 3 saturated heterocycles. The Hall–Kier alpha value is -2.49. The number of aryl methyl sites for hydroxylation is 1. The lowest BCUT2D eigenvalue weighted by molar-refractivity contribution is -0.134. The summed E-state index contributed by atoms with van der Waals surface area (Å²) in [7, 11) is 1.93. The molecule has 4 aliphatic rings. The highest BCUT2D eigenvalue weighted by molar-refractivity contribution is 6.02. The van der Waals surface area contributed by atoms with Crippen LogP contribution in [0.15, 0.2) is 18.2 Å². The molecular formula is C26H36N6O3. The Balaban J connectivity index is 1.06. The molecule has 1 aliphatic carbocycles. The molecule has 9 heteroatoms. The molecule has 35 heavy (non-hydrogen) atoms. The van der Waals surface area contributed by atoms with Crippen molar-refractivity contribution in [1.29, 1.82) is 0 Å². The van der Waals surface area contributed by atoms with Crippen LogP contribution in [0.4, 0.5) is 5.69 Å². The molecule has 2 N–H and O–H groups in total. The van der Waals surface area contributed by atoms with Gasteiger partial charge in [-0.1, -0.05) is 0 Å². The molecule has 188 valence electrons. The van der Waals surface area contributed by atoms with E-state index in [4.69, 9.17) is 4.74 Å². The number of carbonyl (C=O) groups is 2. The van der Waals surface area contributed by atoms with E-state index in [1.54, 1.807) is 0 Å². The number of nitrogens with zero attached hydrogens (tertiary/aromatic N) is 4. The molecule has 1 atom stereocenters. The Kier molecular flexibility index (Phi) is 6.24. The van der Waals surface area contributed by atoms with Crippen LogP contribution in [0.2, 0.25) is 0 Å². The maximum absolute atomic E-state index is 12.4. The number of benzene rings is 1. The molecule has 0 bridgehead atoms. The third-order valence-corrected chi connectivity index (χ3v) is 8.37. The standard InChI is InChI=1S/C26H36N6O3/c1-30-23-16-17(2-3-21(23)25(29-30)22-4-5-24(33)28-26(22)34)31-10-12-32(13-11-31)18-14-20(15-18)35-19-6-8-27-9-7-19/h2-3,16,18-20,22,27H,4-15H2,1H3,(H,28,33,34). The van der Waals surface area contributed by atoms with E-state index in [0.29, 0.717) is 31.1 Å². The predicted molar refractivity (Wildman–Crippen MR) is 133 cm³/mol. The van der Waals surface area contributed by atoms with E-state index in [0.717, 1.165) is 68.7 Å². The molecular weight excluding hydrogens is 444 g/mol. The van der Waals surface area contributed by atoms with Crippen molar-refractivity contribution in [3.05, 3.63) is 23.9 Å². The zero-order chi connectivity index (χ0) is 23.9. The molecule has 3 aliphatic heterocycles. The van der Waals surface area contributed by atoms with E-state index in [9.17, 15) is 9.59 Å². The van der Waals surface area contributed by atoms with Crippen molar-refractivity contribution in [2.24, 2.45) is 7.05 Å². The van der Waals surface area contributed by atoms with Gasteiger partial charge < -0.3 is 15.0 Å². The number of carbonyl (C=O) groups excluding carboxylic acids is 2. The van der Waals surface area contributed by atoms with Crippen LogP contribution in [0, 0.1) is 0 Å². The SMILES string of the molecule is Cn1nc(C2CCC(=O)NC2=O)c2ccc(N3CCN(C4CC(OC5CCNCC5)C4)CC3)cc21. The first-order valence-corrected chi connectivity index (χ1v) is 13.2. The lowest BCUT2D eigenvalue weighted by Crippen LogP contribution is -2.56. The molecule has 2 aromatic rings. The fourth-order valence-corrected chi connectivity index (χ4v) is 6.18. The normalized spacial score (nSPS) is 28.8. The Morgan fingerprint density at radius 1 is 1.00 bits per heavy atom. The van der Waals surface area contributed by atoms with Crippen molar-refractivity contribution in [2.75, 3.05) is 44.2 Å². The number of piperidine rings is 2. The average molecular weight is 481 g/mol. The van der Waals surface area contributed by atoms with E-state index in [-0.39, 0.29) is 17.7 Å². The highest BCUT2D eigenvalue weighted by Gasteiger charge is 2.37. The number of anilines is 1. The van der Waals surface area contributed by atoms with Crippen molar-refractivity contribution < 1.29 is 14.3 Å². The first-order chi connectivity index (χ1) is 17.0. The van der Waals surface area contributed by atoms with Crippen molar-refractivity contribution in [2.45, 2.75) is 62.7 Å². The number of fused-ring (bicyclic) bond motifs is 1. The van der Waals surface area contributed by atoms with Gasteiger partial charge in [-0.15, -0.1) is 0 Å². The van der Waals surface area contributed by atoms with Crippen molar-refractivity contribution >= 4 is 28.4 Å². The van der Waals surface area contributed by atoms with Gasteiger partial charge in [0.1, 0.15) is 0 Å². The Morgan fingerprint density at radius 3 is 2.51 bits per heavy atom. The smallest absolute Gasteiger partial charge is 0.235 e. The van der Waals surface area contributed by atoms with Gasteiger partial charge in [-0.3, -0.25) is 24.5 Å². The number of aromatic nitrogens is 2. The van der Waals surface area contributed by atoms with Crippen LogP contribution in [0.5, 0.6) is 0 Å². The minimum Gasteiger partial charge on any atom is -0.375 e. The Morgan fingerprint density at radius 2 is 1.77 bits per heavy atom. The lowest BCUT2D eigenvalue weighted by Gasteiger charge is -2.47. The summed E-state index contributed by atoms with van der Waals surface area (Å²) in [6.45, 7) is 6.36. The quantitative estimate of drug-likeness (QED) is 0.627. The summed E-state index contributed by atoms with van der Waals surface area (Å²) in [4.78, 5) is 29.0. The number of imide groups is 1. The lowest BCUT2D eigenvalue weighted by atomic mass is 9.87. The van der Waals surface area contributed by atoms with Crippen LogP contribution < -0.4 is 15.5 Å². The highest BCUT2D eigenvalue weighted by Crippen LogP contribution is 2.34. The van der Waals surface area contributed by atoms with Crippen LogP contribution in [0.3, 0.4) is 0 Å². The Bertz CT molecular complexity index is 1100. The molecule has 1 saturated carbocycles. The van der Waals surface area contributed by atoms with E-state index in [1.165, 1.54) is 18.5 Å². The third kappa shape index (κ3) is 4.57. The maximum atomic E-state index is 12.4. The molecule has 2 amide bonds. The number of rotatable bonds is 5. The van der Waals surface area contributed by atoms with Crippen LogP contribution in [0.1, 0.15) is 50.1 Å². The van der Waals surface area contributed by atoms with Crippen molar-refractivity contribution in [3.8, 4) is 0 Å². The molecule has 1 aromatic heterocycles. The van der Waals surface area contributed by atoms with E-state index >= 15 is 0 Å². The van der Waals surface area contributed by atoms with E-state index in [1.807, 2.05) is 11.7 Å². The zero-order valence-electron chi connectivity index (χ0n) is 20.5. The van der Waals surface area contributed by atoms with Gasteiger partial charge in [-0.25, -0.2) is 0 Å². The molecule has 0 radical (unpaired) electrons. The van der Waals surface area contributed by atoms with Crippen LogP contribution in [-0.2, 0) is 21.4 Å². The van der Waals surface area contributed by atoms with Gasteiger partial charge in [-0.2, -0.15) is 5.10 Å². The van der Waals surface area contributed by atoms with Crippen molar-refractivity contribution in [1.82, 2.24) is 25.3 Å². The second kappa shape index (κ2) is 9.52. The predicted octanol–water partition coefficient (Wildman–Crippen LogP) is 1.52. The first kappa shape index (κ1) is 22.9. The van der Waals surface area contributed by atoms with Crippen LogP contribution >= 0.6 is 0 Å². The summed E-state index contributed by atoms with van der Waals surface area (Å²) >= 11 is 0. The fourth-order valence-electron chi connectivity index (χ4n) is 6.18. The number of hydrogen-bond acceptors (Lipinski definition) is 7. The largest absolute Gasteiger partial charge is 0.375 e. The zero-order valence-corrected chi connectivity index (χ0v) is 20.5. The van der Waals surface area contributed by atoms with Gasteiger partial charge in [0.15, 0.2) is 0 Å². The molecule has 1 unspecified atom stereocenters. The topological polar surface area (TPSA) is 91.7 Å². The van der Waals surface area contributed by atoms with Crippen molar-refractivity contribution in [3.63, 3.8) is 0 Å². The minimum atomic E-state index is -0.365. The molecule has 4 fully saturated rings.